The first-order valence-corrected chi connectivity index (χ1v) is 6.32. The molecular formula is C11H6Cl2N2O2S. The molecule has 0 aliphatic rings. The average molecular weight is 301 g/mol. The Morgan fingerprint density at radius 3 is 2.56 bits per heavy atom. The normalized spacial score (nSPS) is 10.3. The number of aromatic nitrogens is 2. The molecule has 18 heavy (non-hydrogen) atoms. The number of carbonyl (C=O) groups is 1. The number of carboxylic acid groups (broad SMARTS) is 1. The zero-order chi connectivity index (χ0) is 13.1. The summed E-state index contributed by atoms with van der Waals surface area (Å²) < 4.78 is 0. The zero-order valence-electron chi connectivity index (χ0n) is 8.80. The fourth-order valence-corrected chi connectivity index (χ4v) is 2.45. The Morgan fingerprint density at radius 1 is 1.17 bits per heavy atom. The smallest absolute Gasteiger partial charge is 0.357 e. The molecule has 1 heterocycles. The van der Waals surface area contributed by atoms with Gasteiger partial charge in [-0.1, -0.05) is 35.0 Å². The molecule has 2 rings (SSSR count). The Balaban J connectivity index is 2.34. The second-order valence-electron chi connectivity index (χ2n) is 3.19. The topological polar surface area (TPSA) is 63.1 Å². The van der Waals surface area contributed by atoms with E-state index in [1.165, 1.54) is 24.2 Å². The number of hydrogen-bond donors (Lipinski definition) is 1. The van der Waals surface area contributed by atoms with Crippen molar-refractivity contribution in [2.24, 2.45) is 0 Å². The first kappa shape index (κ1) is 13.1. The van der Waals surface area contributed by atoms with Gasteiger partial charge in [-0.15, -0.1) is 0 Å². The molecule has 0 spiro atoms. The summed E-state index contributed by atoms with van der Waals surface area (Å²) in [4.78, 5) is 19.5. The Kier molecular flexibility index (Phi) is 4.06. The SMILES string of the molecule is O=C(O)c1nccnc1Sc1ccc(Cl)c(Cl)c1. The van der Waals surface area contributed by atoms with Crippen LogP contribution in [-0.2, 0) is 0 Å². The minimum atomic E-state index is -1.12. The van der Waals surface area contributed by atoms with Gasteiger partial charge in [-0.05, 0) is 18.2 Å². The van der Waals surface area contributed by atoms with E-state index in [4.69, 9.17) is 28.3 Å². The van der Waals surface area contributed by atoms with Crippen molar-refractivity contribution in [3.05, 3.63) is 46.3 Å². The third-order valence-corrected chi connectivity index (χ3v) is 3.69. The van der Waals surface area contributed by atoms with E-state index in [0.717, 1.165) is 4.90 Å². The minimum Gasteiger partial charge on any atom is -0.476 e. The predicted molar refractivity (Wildman–Crippen MR) is 69.6 cm³/mol. The molecule has 0 fully saturated rings. The van der Waals surface area contributed by atoms with Crippen molar-refractivity contribution in [3.63, 3.8) is 0 Å². The molecule has 4 nitrogen and oxygen atoms in total. The minimum absolute atomic E-state index is 0.0893. The molecule has 0 unspecified atom stereocenters. The summed E-state index contributed by atoms with van der Waals surface area (Å²) in [5, 5.41) is 10.1. The van der Waals surface area contributed by atoms with Crippen LogP contribution >= 0.6 is 35.0 Å². The third-order valence-electron chi connectivity index (χ3n) is 1.97. The first-order chi connectivity index (χ1) is 8.58. The molecule has 7 heteroatoms. The van der Waals surface area contributed by atoms with E-state index in [0.29, 0.717) is 15.1 Å². The molecule has 1 N–H and O–H groups in total. The standard InChI is InChI=1S/C11H6Cl2N2O2S/c12-7-2-1-6(5-8(7)13)18-10-9(11(16)17)14-3-4-15-10/h1-5H,(H,16,17). The Labute approximate surface area is 117 Å². The Morgan fingerprint density at radius 2 is 1.89 bits per heavy atom. The molecule has 0 aliphatic heterocycles. The fourth-order valence-electron chi connectivity index (χ4n) is 1.20. The molecule has 0 atom stereocenters. The van der Waals surface area contributed by atoms with Crippen LogP contribution in [-0.4, -0.2) is 21.0 Å². The summed E-state index contributed by atoms with van der Waals surface area (Å²) in [7, 11) is 0. The summed E-state index contributed by atoms with van der Waals surface area (Å²) in [5.41, 5.74) is -0.0893. The van der Waals surface area contributed by atoms with Gasteiger partial charge in [-0.25, -0.2) is 14.8 Å². The lowest BCUT2D eigenvalue weighted by molar-refractivity contribution is 0.0685. The molecule has 0 saturated carbocycles. The maximum absolute atomic E-state index is 11.0. The van der Waals surface area contributed by atoms with Crippen LogP contribution in [0.15, 0.2) is 40.5 Å². The molecule has 1 aromatic heterocycles. The number of benzene rings is 1. The van der Waals surface area contributed by atoms with Gasteiger partial charge in [0.05, 0.1) is 10.0 Å². The highest BCUT2D eigenvalue weighted by Gasteiger charge is 2.14. The van der Waals surface area contributed by atoms with E-state index in [9.17, 15) is 4.79 Å². The lowest BCUT2D eigenvalue weighted by Crippen LogP contribution is -2.03. The van der Waals surface area contributed by atoms with Gasteiger partial charge in [-0.3, -0.25) is 0 Å². The summed E-state index contributed by atoms with van der Waals surface area (Å²) in [6, 6.07) is 5.02. The molecule has 2 aromatic rings. The van der Waals surface area contributed by atoms with E-state index >= 15 is 0 Å². The molecular weight excluding hydrogens is 295 g/mol. The fraction of sp³-hybridized carbons (Fsp3) is 0. The second kappa shape index (κ2) is 5.56. The highest BCUT2D eigenvalue weighted by Crippen LogP contribution is 2.32. The number of aromatic carboxylic acids is 1. The monoisotopic (exact) mass is 300 g/mol. The lowest BCUT2D eigenvalue weighted by atomic mass is 10.4. The van der Waals surface area contributed by atoms with E-state index in [1.54, 1.807) is 18.2 Å². The number of carboxylic acids is 1. The molecule has 0 radical (unpaired) electrons. The highest BCUT2D eigenvalue weighted by molar-refractivity contribution is 7.99. The molecule has 92 valence electrons. The van der Waals surface area contributed by atoms with Crippen molar-refractivity contribution < 1.29 is 9.90 Å². The van der Waals surface area contributed by atoms with Gasteiger partial charge in [0.15, 0.2) is 5.69 Å². The van der Waals surface area contributed by atoms with Crippen molar-refractivity contribution in [1.29, 1.82) is 0 Å². The largest absolute Gasteiger partial charge is 0.476 e. The highest BCUT2D eigenvalue weighted by atomic mass is 35.5. The van der Waals surface area contributed by atoms with Gasteiger partial charge in [0.2, 0.25) is 0 Å². The number of halogens is 2. The van der Waals surface area contributed by atoms with Crippen molar-refractivity contribution in [2.75, 3.05) is 0 Å². The average Bonchev–Trinajstić information content (AvgIpc) is 2.34. The van der Waals surface area contributed by atoms with Gasteiger partial charge < -0.3 is 5.11 Å². The van der Waals surface area contributed by atoms with Crippen LogP contribution in [0.4, 0.5) is 0 Å². The number of rotatable bonds is 3. The maximum Gasteiger partial charge on any atom is 0.357 e. The zero-order valence-corrected chi connectivity index (χ0v) is 11.1. The number of nitrogens with zero attached hydrogens (tertiary/aromatic N) is 2. The van der Waals surface area contributed by atoms with Gasteiger partial charge in [0, 0.05) is 17.3 Å². The lowest BCUT2D eigenvalue weighted by Gasteiger charge is -2.04. The number of hydrogen-bond acceptors (Lipinski definition) is 4. The van der Waals surface area contributed by atoms with E-state index in [-0.39, 0.29) is 5.69 Å². The third kappa shape index (κ3) is 2.93. The summed E-state index contributed by atoms with van der Waals surface area (Å²) in [6.45, 7) is 0. The second-order valence-corrected chi connectivity index (χ2v) is 5.07. The van der Waals surface area contributed by atoms with Crippen molar-refractivity contribution in [3.8, 4) is 0 Å². The van der Waals surface area contributed by atoms with Gasteiger partial charge in [-0.2, -0.15) is 0 Å². The molecule has 1 aromatic carbocycles. The molecule has 0 aliphatic carbocycles. The van der Waals surface area contributed by atoms with Crippen LogP contribution in [0.5, 0.6) is 0 Å². The van der Waals surface area contributed by atoms with Crippen LogP contribution in [0.25, 0.3) is 0 Å². The van der Waals surface area contributed by atoms with Crippen LogP contribution in [0.2, 0.25) is 10.0 Å². The van der Waals surface area contributed by atoms with Crippen LogP contribution in [0, 0.1) is 0 Å². The van der Waals surface area contributed by atoms with Gasteiger partial charge in [0.25, 0.3) is 0 Å². The van der Waals surface area contributed by atoms with Crippen molar-refractivity contribution in [2.45, 2.75) is 9.92 Å². The molecule has 0 saturated heterocycles. The summed E-state index contributed by atoms with van der Waals surface area (Å²) in [5.74, 6) is -1.12. The maximum atomic E-state index is 11.0. The first-order valence-electron chi connectivity index (χ1n) is 4.75. The quantitative estimate of drug-likeness (QED) is 0.937. The van der Waals surface area contributed by atoms with E-state index in [1.807, 2.05) is 0 Å². The molecule has 0 bridgehead atoms. The van der Waals surface area contributed by atoms with Crippen molar-refractivity contribution in [1.82, 2.24) is 9.97 Å². The predicted octanol–water partition coefficient (Wildman–Crippen LogP) is 3.63. The Hall–Kier alpha value is -1.30. The van der Waals surface area contributed by atoms with Gasteiger partial charge in [0.1, 0.15) is 5.03 Å². The van der Waals surface area contributed by atoms with Crippen LogP contribution in [0.1, 0.15) is 10.5 Å². The summed E-state index contributed by atoms with van der Waals surface area (Å²) in [6.07, 6.45) is 2.77. The van der Waals surface area contributed by atoms with Crippen LogP contribution < -0.4 is 0 Å². The van der Waals surface area contributed by atoms with Crippen LogP contribution in [0.3, 0.4) is 0 Å². The van der Waals surface area contributed by atoms with E-state index in [2.05, 4.69) is 9.97 Å². The summed E-state index contributed by atoms with van der Waals surface area (Å²) >= 11 is 12.9. The van der Waals surface area contributed by atoms with Crippen molar-refractivity contribution >= 4 is 40.9 Å². The van der Waals surface area contributed by atoms with E-state index < -0.39 is 5.97 Å². The Bertz CT molecular complexity index is 607. The van der Waals surface area contributed by atoms with Gasteiger partial charge >= 0.3 is 5.97 Å². The molecule has 0 amide bonds.